The van der Waals surface area contributed by atoms with Gasteiger partial charge in [-0.25, -0.2) is 0 Å². The first kappa shape index (κ1) is 11.6. The lowest BCUT2D eigenvalue weighted by molar-refractivity contribution is 1.35. The van der Waals surface area contributed by atoms with E-state index in [-0.39, 0.29) is 0 Å². The van der Waals surface area contributed by atoms with Crippen LogP contribution in [0.3, 0.4) is 0 Å². The molecule has 1 nitrogen and oxygen atoms in total. The smallest absolute Gasteiger partial charge is 0.0355 e. The molecule has 1 heteroatoms. The molecule has 0 fully saturated rings. The SMILES string of the molecule is CC(=N)c1cc(C)c(-c2ccccc2)c(C)c1. The number of nitrogens with one attached hydrogen (secondary N) is 1. The molecule has 0 atom stereocenters. The van der Waals surface area contributed by atoms with Gasteiger partial charge in [0.2, 0.25) is 0 Å². The maximum Gasteiger partial charge on any atom is 0.0355 e. The lowest BCUT2D eigenvalue weighted by Gasteiger charge is -2.12. The van der Waals surface area contributed by atoms with Gasteiger partial charge >= 0.3 is 0 Å². The summed E-state index contributed by atoms with van der Waals surface area (Å²) in [5.41, 5.74) is 6.64. The van der Waals surface area contributed by atoms with E-state index in [4.69, 9.17) is 5.41 Å². The van der Waals surface area contributed by atoms with Crippen molar-refractivity contribution in [2.45, 2.75) is 20.8 Å². The summed E-state index contributed by atoms with van der Waals surface area (Å²) in [6.45, 7) is 6.06. The highest BCUT2D eigenvalue weighted by atomic mass is 14.4. The Hall–Kier alpha value is -1.89. The number of benzene rings is 2. The summed E-state index contributed by atoms with van der Waals surface area (Å²) >= 11 is 0. The van der Waals surface area contributed by atoms with E-state index in [1.54, 1.807) is 0 Å². The third kappa shape index (κ3) is 2.28. The molecule has 2 rings (SSSR count). The minimum Gasteiger partial charge on any atom is -0.305 e. The van der Waals surface area contributed by atoms with Crippen LogP contribution in [0.25, 0.3) is 11.1 Å². The van der Waals surface area contributed by atoms with Crippen molar-refractivity contribution in [2.24, 2.45) is 0 Å². The van der Waals surface area contributed by atoms with Crippen LogP contribution in [0.5, 0.6) is 0 Å². The number of aryl methyl sites for hydroxylation is 2. The minimum absolute atomic E-state index is 0.621. The summed E-state index contributed by atoms with van der Waals surface area (Å²) in [5.74, 6) is 0. The average Bonchev–Trinajstić information content (AvgIpc) is 2.29. The zero-order valence-corrected chi connectivity index (χ0v) is 10.5. The van der Waals surface area contributed by atoms with Gasteiger partial charge in [0, 0.05) is 5.71 Å². The van der Waals surface area contributed by atoms with Gasteiger partial charge in [-0.2, -0.15) is 0 Å². The van der Waals surface area contributed by atoms with Crippen molar-refractivity contribution in [1.29, 1.82) is 5.41 Å². The Balaban J connectivity index is 2.61. The quantitative estimate of drug-likeness (QED) is 0.731. The van der Waals surface area contributed by atoms with Crippen LogP contribution >= 0.6 is 0 Å². The lowest BCUT2D eigenvalue weighted by atomic mass is 9.92. The maximum atomic E-state index is 7.70. The van der Waals surface area contributed by atoms with Crippen LogP contribution in [0.15, 0.2) is 42.5 Å². The summed E-state index contributed by atoms with van der Waals surface area (Å²) in [7, 11) is 0. The molecule has 2 aromatic carbocycles. The predicted molar refractivity (Wildman–Crippen MR) is 73.9 cm³/mol. The third-order valence-electron chi connectivity index (χ3n) is 3.03. The molecule has 0 saturated heterocycles. The zero-order valence-electron chi connectivity index (χ0n) is 10.5. The molecule has 17 heavy (non-hydrogen) atoms. The highest BCUT2D eigenvalue weighted by Gasteiger charge is 2.07. The fraction of sp³-hybridized carbons (Fsp3) is 0.188. The molecule has 0 radical (unpaired) electrons. The zero-order chi connectivity index (χ0) is 12.4. The Labute approximate surface area is 103 Å². The molecular weight excluding hydrogens is 206 g/mol. The topological polar surface area (TPSA) is 23.9 Å². The van der Waals surface area contributed by atoms with Gasteiger partial charge in [-0.3, -0.25) is 0 Å². The van der Waals surface area contributed by atoms with E-state index in [1.165, 1.54) is 22.3 Å². The Kier molecular flexibility index (Phi) is 3.10. The first-order valence-electron chi connectivity index (χ1n) is 5.82. The summed E-state index contributed by atoms with van der Waals surface area (Å²) < 4.78 is 0. The summed E-state index contributed by atoms with van der Waals surface area (Å²) in [4.78, 5) is 0. The van der Waals surface area contributed by atoms with Gasteiger partial charge < -0.3 is 5.41 Å². The molecule has 0 heterocycles. The summed E-state index contributed by atoms with van der Waals surface area (Å²) in [5, 5.41) is 7.70. The molecule has 86 valence electrons. The van der Waals surface area contributed by atoms with Crippen LogP contribution in [-0.4, -0.2) is 5.71 Å². The maximum absolute atomic E-state index is 7.70. The highest BCUT2D eigenvalue weighted by Crippen LogP contribution is 2.28. The van der Waals surface area contributed by atoms with Crippen LogP contribution in [0, 0.1) is 19.3 Å². The second-order valence-electron chi connectivity index (χ2n) is 4.48. The van der Waals surface area contributed by atoms with E-state index < -0.39 is 0 Å². The van der Waals surface area contributed by atoms with Crippen molar-refractivity contribution in [2.75, 3.05) is 0 Å². The monoisotopic (exact) mass is 223 g/mol. The number of hydrogen-bond acceptors (Lipinski definition) is 1. The fourth-order valence-electron chi connectivity index (χ4n) is 2.24. The molecule has 0 aromatic heterocycles. The molecule has 1 N–H and O–H groups in total. The molecule has 0 aliphatic carbocycles. The molecule has 0 aliphatic rings. The molecule has 0 amide bonds. The van der Waals surface area contributed by atoms with Crippen molar-refractivity contribution in [3.05, 3.63) is 59.2 Å². The van der Waals surface area contributed by atoms with Gasteiger partial charge in [-0.05, 0) is 60.7 Å². The van der Waals surface area contributed by atoms with Crippen molar-refractivity contribution in [3.8, 4) is 11.1 Å². The Bertz CT molecular complexity index is 530. The minimum atomic E-state index is 0.621. The standard InChI is InChI=1S/C16H17N/c1-11-9-15(13(3)17)10-12(2)16(11)14-7-5-4-6-8-14/h4-10,17H,1-3H3. The molecule has 0 aliphatic heterocycles. The van der Waals surface area contributed by atoms with E-state index in [9.17, 15) is 0 Å². The lowest BCUT2D eigenvalue weighted by Crippen LogP contribution is -1.97. The van der Waals surface area contributed by atoms with E-state index in [1.807, 2.05) is 13.0 Å². The van der Waals surface area contributed by atoms with E-state index in [2.05, 4.69) is 50.2 Å². The van der Waals surface area contributed by atoms with E-state index in [0.717, 1.165) is 5.56 Å². The van der Waals surface area contributed by atoms with Crippen molar-refractivity contribution in [1.82, 2.24) is 0 Å². The van der Waals surface area contributed by atoms with E-state index in [0.29, 0.717) is 5.71 Å². The van der Waals surface area contributed by atoms with Crippen LogP contribution in [-0.2, 0) is 0 Å². The Morgan fingerprint density at radius 3 is 1.94 bits per heavy atom. The molecule has 0 bridgehead atoms. The molecule has 0 spiro atoms. The number of hydrogen-bond donors (Lipinski definition) is 1. The van der Waals surface area contributed by atoms with Crippen molar-refractivity contribution in [3.63, 3.8) is 0 Å². The molecule has 2 aromatic rings. The Morgan fingerprint density at radius 2 is 1.47 bits per heavy atom. The van der Waals surface area contributed by atoms with Gasteiger partial charge in [-0.1, -0.05) is 30.3 Å². The Morgan fingerprint density at radius 1 is 0.941 bits per heavy atom. The molecule has 0 saturated carbocycles. The summed E-state index contributed by atoms with van der Waals surface area (Å²) in [6, 6.07) is 14.6. The molecule has 0 unspecified atom stereocenters. The van der Waals surface area contributed by atoms with Gasteiger partial charge in [-0.15, -0.1) is 0 Å². The van der Waals surface area contributed by atoms with E-state index >= 15 is 0 Å². The fourth-order valence-corrected chi connectivity index (χ4v) is 2.24. The first-order chi connectivity index (χ1) is 8.09. The van der Waals surface area contributed by atoms with Crippen molar-refractivity contribution >= 4 is 5.71 Å². The van der Waals surface area contributed by atoms with Gasteiger partial charge in [0.25, 0.3) is 0 Å². The van der Waals surface area contributed by atoms with Crippen molar-refractivity contribution < 1.29 is 0 Å². The normalized spacial score (nSPS) is 10.3. The predicted octanol–water partition coefficient (Wildman–Crippen LogP) is 4.36. The van der Waals surface area contributed by atoms with Crippen LogP contribution in [0.2, 0.25) is 0 Å². The first-order valence-corrected chi connectivity index (χ1v) is 5.82. The van der Waals surface area contributed by atoms with Crippen LogP contribution < -0.4 is 0 Å². The largest absolute Gasteiger partial charge is 0.305 e. The van der Waals surface area contributed by atoms with Crippen LogP contribution in [0.4, 0.5) is 0 Å². The van der Waals surface area contributed by atoms with Gasteiger partial charge in [0.1, 0.15) is 0 Å². The average molecular weight is 223 g/mol. The van der Waals surface area contributed by atoms with Gasteiger partial charge in [0.15, 0.2) is 0 Å². The highest BCUT2D eigenvalue weighted by molar-refractivity contribution is 5.97. The summed E-state index contributed by atoms with van der Waals surface area (Å²) in [6.07, 6.45) is 0. The van der Waals surface area contributed by atoms with Gasteiger partial charge in [0.05, 0.1) is 0 Å². The number of rotatable bonds is 2. The second kappa shape index (κ2) is 4.54. The second-order valence-corrected chi connectivity index (χ2v) is 4.48. The van der Waals surface area contributed by atoms with Crippen LogP contribution in [0.1, 0.15) is 23.6 Å². The molecular formula is C16H17N. The third-order valence-corrected chi connectivity index (χ3v) is 3.03.